The molecule has 28 heavy (non-hydrogen) atoms. The minimum absolute atomic E-state index is 0.153. The average Bonchev–Trinajstić information content (AvgIpc) is 2.72. The Hall–Kier alpha value is -2.09. The van der Waals surface area contributed by atoms with Gasteiger partial charge in [-0.2, -0.15) is 0 Å². The quantitative estimate of drug-likeness (QED) is 0.768. The predicted molar refractivity (Wildman–Crippen MR) is 109 cm³/mol. The molecule has 0 amide bonds. The fraction of sp³-hybridized carbons (Fsp3) is 0.429. The van der Waals surface area contributed by atoms with Gasteiger partial charge in [0.1, 0.15) is 16.4 Å². The minimum Gasteiger partial charge on any atom is -0.497 e. The summed E-state index contributed by atoms with van der Waals surface area (Å²) in [6, 6.07) is 14.9. The van der Waals surface area contributed by atoms with Crippen LogP contribution in [0.5, 0.6) is 11.5 Å². The third kappa shape index (κ3) is 4.48. The van der Waals surface area contributed by atoms with E-state index >= 15 is 0 Å². The second-order valence-corrected chi connectivity index (χ2v) is 8.84. The molecule has 6 nitrogen and oxygen atoms in total. The van der Waals surface area contributed by atoms with Crippen LogP contribution in [0.4, 0.5) is 0 Å². The number of methoxy groups -OCH3 is 2. The molecular formula is C21H28N2O4S. The maximum Gasteiger partial charge on any atom is 0.244 e. The summed E-state index contributed by atoms with van der Waals surface area (Å²) >= 11 is 0. The van der Waals surface area contributed by atoms with E-state index in [4.69, 9.17) is 9.47 Å². The van der Waals surface area contributed by atoms with Crippen molar-refractivity contribution < 1.29 is 17.9 Å². The largest absolute Gasteiger partial charge is 0.497 e. The van der Waals surface area contributed by atoms with Crippen LogP contribution < -0.4 is 14.2 Å². The van der Waals surface area contributed by atoms with Crippen LogP contribution >= 0.6 is 0 Å². The van der Waals surface area contributed by atoms with Crippen LogP contribution in [0, 0.1) is 5.92 Å². The van der Waals surface area contributed by atoms with Gasteiger partial charge in [-0.1, -0.05) is 24.3 Å². The SMILES string of the molecule is COc1ccc(C2C(CNS(=O)(=O)c3ccccc3OC)CCCN2C)cc1. The van der Waals surface area contributed by atoms with Crippen molar-refractivity contribution in [3.05, 3.63) is 54.1 Å². The summed E-state index contributed by atoms with van der Waals surface area (Å²) in [5.41, 5.74) is 1.17. The van der Waals surface area contributed by atoms with E-state index in [-0.39, 0.29) is 16.9 Å². The maximum atomic E-state index is 12.8. The Morgan fingerprint density at radius 3 is 2.46 bits per heavy atom. The molecule has 0 aromatic heterocycles. The third-order valence-electron chi connectivity index (χ3n) is 5.36. The van der Waals surface area contributed by atoms with Gasteiger partial charge in [-0.3, -0.25) is 4.90 Å². The third-order valence-corrected chi connectivity index (χ3v) is 6.82. The number of sulfonamides is 1. The fourth-order valence-corrected chi connectivity index (χ4v) is 5.20. The van der Waals surface area contributed by atoms with Gasteiger partial charge in [0.2, 0.25) is 10.0 Å². The maximum absolute atomic E-state index is 12.8. The van der Waals surface area contributed by atoms with Crippen molar-refractivity contribution in [2.45, 2.75) is 23.8 Å². The smallest absolute Gasteiger partial charge is 0.244 e. The van der Waals surface area contributed by atoms with Crippen molar-refractivity contribution in [2.24, 2.45) is 5.92 Å². The van der Waals surface area contributed by atoms with Crippen LogP contribution in [-0.2, 0) is 10.0 Å². The van der Waals surface area contributed by atoms with E-state index in [0.29, 0.717) is 12.3 Å². The first-order valence-electron chi connectivity index (χ1n) is 9.43. The molecule has 0 saturated carbocycles. The Balaban J connectivity index is 1.78. The number of nitrogens with one attached hydrogen (secondary N) is 1. The normalized spacial score (nSPS) is 20.7. The van der Waals surface area contributed by atoms with E-state index in [0.717, 1.165) is 25.1 Å². The molecule has 1 heterocycles. The van der Waals surface area contributed by atoms with Gasteiger partial charge in [0.25, 0.3) is 0 Å². The molecule has 3 rings (SSSR count). The first kappa shape index (κ1) is 20.6. The Morgan fingerprint density at radius 1 is 1.07 bits per heavy atom. The molecule has 2 aromatic rings. The first-order chi connectivity index (χ1) is 13.5. The number of piperidine rings is 1. The Bertz CT molecular complexity index is 884. The summed E-state index contributed by atoms with van der Waals surface area (Å²) in [6.45, 7) is 1.37. The summed E-state index contributed by atoms with van der Waals surface area (Å²) in [5, 5.41) is 0. The molecule has 1 saturated heterocycles. The molecule has 2 unspecified atom stereocenters. The highest BCUT2D eigenvalue weighted by Crippen LogP contribution is 2.35. The van der Waals surface area contributed by atoms with Crippen LogP contribution in [0.1, 0.15) is 24.4 Å². The van der Waals surface area contributed by atoms with Crippen molar-refractivity contribution in [1.29, 1.82) is 0 Å². The van der Waals surface area contributed by atoms with Crippen LogP contribution in [0.3, 0.4) is 0 Å². The van der Waals surface area contributed by atoms with Gasteiger partial charge >= 0.3 is 0 Å². The van der Waals surface area contributed by atoms with Crippen molar-refractivity contribution >= 4 is 10.0 Å². The highest BCUT2D eigenvalue weighted by Gasteiger charge is 2.32. The molecule has 152 valence electrons. The number of ether oxygens (including phenoxy) is 2. The second-order valence-electron chi connectivity index (χ2n) is 7.10. The van der Waals surface area contributed by atoms with Gasteiger partial charge < -0.3 is 9.47 Å². The Kier molecular flexibility index (Phi) is 6.59. The monoisotopic (exact) mass is 404 g/mol. The number of benzene rings is 2. The fourth-order valence-electron chi connectivity index (χ4n) is 3.94. The summed E-state index contributed by atoms with van der Waals surface area (Å²) < 4.78 is 39.0. The first-order valence-corrected chi connectivity index (χ1v) is 10.9. The van der Waals surface area contributed by atoms with Crippen molar-refractivity contribution in [2.75, 3.05) is 34.4 Å². The van der Waals surface area contributed by atoms with Gasteiger partial charge in [-0.05, 0) is 62.2 Å². The zero-order chi connectivity index (χ0) is 20.1. The molecule has 1 N–H and O–H groups in total. The van der Waals surface area contributed by atoms with E-state index in [1.54, 1.807) is 31.4 Å². The standard InChI is InChI=1S/C21H28N2O4S/c1-23-14-6-7-17(21(23)16-10-12-18(26-2)13-11-16)15-22-28(24,25)20-9-5-4-8-19(20)27-3/h4-5,8-13,17,21-22H,6-7,14-15H2,1-3H3. The topological polar surface area (TPSA) is 67.9 Å². The molecule has 7 heteroatoms. The summed E-state index contributed by atoms with van der Waals surface area (Å²) in [7, 11) is 1.57. The molecule has 1 aliphatic rings. The lowest BCUT2D eigenvalue weighted by Crippen LogP contribution is -2.41. The molecule has 0 aliphatic carbocycles. The molecule has 0 bridgehead atoms. The zero-order valence-corrected chi connectivity index (χ0v) is 17.4. The lowest BCUT2D eigenvalue weighted by atomic mass is 9.85. The number of rotatable bonds is 7. The average molecular weight is 405 g/mol. The van der Waals surface area contributed by atoms with Crippen LogP contribution in [0.2, 0.25) is 0 Å². The Labute approximate surface area is 167 Å². The lowest BCUT2D eigenvalue weighted by molar-refractivity contribution is 0.123. The lowest BCUT2D eigenvalue weighted by Gasteiger charge is -2.39. The van der Waals surface area contributed by atoms with Gasteiger partial charge in [-0.25, -0.2) is 13.1 Å². The van der Waals surface area contributed by atoms with E-state index in [1.807, 2.05) is 12.1 Å². The second kappa shape index (κ2) is 8.94. The number of hydrogen-bond donors (Lipinski definition) is 1. The van der Waals surface area contributed by atoms with Gasteiger partial charge in [0, 0.05) is 12.6 Å². The van der Waals surface area contributed by atoms with Crippen molar-refractivity contribution in [1.82, 2.24) is 9.62 Å². The highest BCUT2D eigenvalue weighted by molar-refractivity contribution is 7.89. The number of para-hydroxylation sites is 1. The van der Waals surface area contributed by atoms with Gasteiger partial charge in [-0.15, -0.1) is 0 Å². The van der Waals surface area contributed by atoms with Crippen LogP contribution in [0.15, 0.2) is 53.4 Å². The van der Waals surface area contributed by atoms with Crippen LogP contribution in [0.25, 0.3) is 0 Å². The predicted octanol–water partition coefficient (Wildman–Crippen LogP) is 3.07. The summed E-state index contributed by atoms with van der Waals surface area (Å²) in [4.78, 5) is 2.47. The van der Waals surface area contributed by atoms with Gasteiger partial charge in [0.15, 0.2) is 0 Å². The van der Waals surface area contributed by atoms with Crippen molar-refractivity contribution in [3.8, 4) is 11.5 Å². The van der Waals surface area contributed by atoms with E-state index in [9.17, 15) is 8.42 Å². The highest BCUT2D eigenvalue weighted by atomic mass is 32.2. The van der Waals surface area contributed by atoms with E-state index in [2.05, 4.69) is 28.8 Å². The number of hydrogen-bond acceptors (Lipinski definition) is 5. The summed E-state index contributed by atoms with van der Waals surface area (Å²) in [6.07, 6.45) is 2.01. The molecule has 1 fully saturated rings. The van der Waals surface area contributed by atoms with E-state index < -0.39 is 10.0 Å². The number of nitrogens with zero attached hydrogens (tertiary/aromatic N) is 1. The Morgan fingerprint density at radius 2 is 1.79 bits per heavy atom. The molecule has 1 aliphatic heterocycles. The number of likely N-dealkylation sites (tertiary alicyclic amines) is 1. The van der Waals surface area contributed by atoms with Crippen LogP contribution in [-0.4, -0.2) is 47.7 Å². The molecule has 0 spiro atoms. The molecular weight excluding hydrogens is 376 g/mol. The molecule has 0 radical (unpaired) electrons. The van der Waals surface area contributed by atoms with E-state index in [1.165, 1.54) is 12.7 Å². The molecule has 2 aromatic carbocycles. The van der Waals surface area contributed by atoms with Gasteiger partial charge in [0.05, 0.1) is 14.2 Å². The molecule has 2 atom stereocenters. The van der Waals surface area contributed by atoms with Crippen molar-refractivity contribution in [3.63, 3.8) is 0 Å². The summed E-state index contributed by atoms with van der Waals surface area (Å²) in [5.74, 6) is 1.34. The minimum atomic E-state index is -3.65. The zero-order valence-electron chi connectivity index (χ0n) is 16.6.